The summed E-state index contributed by atoms with van der Waals surface area (Å²) < 4.78 is 4.89. The maximum Gasteiger partial charge on any atom is 0.314 e. The Kier molecular flexibility index (Phi) is 5.08. The maximum atomic E-state index is 11.6. The number of hydrogen-bond donors (Lipinski definition) is 0. The van der Waals surface area contributed by atoms with Crippen LogP contribution < -0.4 is 0 Å². The van der Waals surface area contributed by atoms with Crippen LogP contribution in [0.5, 0.6) is 0 Å². The second-order valence-corrected chi connectivity index (χ2v) is 4.18. The predicted molar refractivity (Wildman–Crippen MR) is 67.9 cm³/mol. The summed E-state index contributed by atoms with van der Waals surface area (Å²) in [5, 5.41) is 10.9. The van der Waals surface area contributed by atoms with Crippen molar-refractivity contribution in [2.45, 2.75) is 26.4 Å². The van der Waals surface area contributed by atoms with Crippen molar-refractivity contribution in [3.8, 4) is 0 Å². The molecule has 1 atom stereocenters. The Morgan fingerprint density at radius 1 is 1.25 bits per heavy atom. The van der Waals surface area contributed by atoms with Crippen LogP contribution in [0.3, 0.4) is 0 Å². The molecular formula is C13H13NO6. The van der Waals surface area contributed by atoms with Crippen LogP contribution in [0.4, 0.5) is 5.69 Å². The highest BCUT2D eigenvalue weighted by atomic mass is 16.6. The summed E-state index contributed by atoms with van der Waals surface area (Å²) in [5.41, 5.74) is -0.328. The Morgan fingerprint density at radius 2 is 1.85 bits per heavy atom. The minimum absolute atomic E-state index is 0.0121. The molecule has 106 valence electrons. The Labute approximate surface area is 114 Å². The molecule has 0 N–H and O–H groups in total. The second-order valence-electron chi connectivity index (χ2n) is 4.18. The van der Waals surface area contributed by atoms with Gasteiger partial charge in [-0.25, -0.2) is 0 Å². The third-order valence-electron chi connectivity index (χ3n) is 2.43. The topological polar surface area (TPSA) is 104 Å². The summed E-state index contributed by atoms with van der Waals surface area (Å²) in [6.07, 6.45) is -1.87. The third kappa shape index (κ3) is 3.98. The van der Waals surface area contributed by atoms with E-state index in [0.717, 1.165) is 6.92 Å². The second kappa shape index (κ2) is 6.55. The van der Waals surface area contributed by atoms with E-state index in [1.807, 2.05) is 0 Å². The first-order valence-electron chi connectivity index (χ1n) is 5.75. The van der Waals surface area contributed by atoms with Gasteiger partial charge >= 0.3 is 5.97 Å². The summed E-state index contributed by atoms with van der Waals surface area (Å²) in [7, 11) is 0. The number of esters is 1. The van der Waals surface area contributed by atoms with Crippen molar-refractivity contribution in [2.24, 2.45) is 0 Å². The Balaban J connectivity index is 3.09. The number of ether oxygens (including phenoxy) is 1. The number of carbonyl (C=O) groups is 3. The lowest BCUT2D eigenvalue weighted by atomic mass is 10.0. The fourth-order valence-electron chi connectivity index (χ4n) is 1.62. The van der Waals surface area contributed by atoms with Crippen LogP contribution in [0.2, 0.25) is 0 Å². The fraction of sp³-hybridized carbons (Fsp3) is 0.308. The third-order valence-corrected chi connectivity index (χ3v) is 2.43. The molecule has 0 aliphatic heterocycles. The first-order valence-corrected chi connectivity index (χ1v) is 5.75. The highest BCUT2D eigenvalue weighted by Crippen LogP contribution is 2.28. The van der Waals surface area contributed by atoms with E-state index in [1.54, 1.807) is 0 Å². The first kappa shape index (κ1) is 15.5. The molecule has 0 fully saturated rings. The van der Waals surface area contributed by atoms with Crippen LogP contribution in [-0.2, 0) is 19.1 Å². The molecule has 0 spiro atoms. The van der Waals surface area contributed by atoms with Crippen LogP contribution in [0.25, 0.3) is 0 Å². The van der Waals surface area contributed by atoms with Crippen molar-refractivity contribution in [3.63, 3.8) is 0 Å². The van der Waals surface area contributed by atoms with Gasteiger partial charge in [0.05, 0.1) is 10.5 Å². The highest BCUT2D eigenvalue weighted by Gasteiger charge is 2.28. The van der Waals surface area contributed by atoms with Gasteiger partial charge in [-0.05, 0) is 19.9 Å². The molecular weight excluding hydrogens is 266 g/mol. The van der Waals surface area contributed by atoms with Crippen molar-refractivity contribution in [1.29, 1.82) is 0 Å². The van der Waals surface area contributed by atoms with E-state index in [4.69, 9.17) is 4.74 Å². The molecule has 7 nitrogen and oxygen atoms in total. The van der Waals surface area contributed by atoms with Gasteiger partial charge in [0.25, 0.3) is 5.69 Å². The summed E-state index contributed by atoms with van der Waals surface area (Å²) in [6.45, 7) is 2.36. The number of carbonyl (C=O) groups excluding carboxylic acids is 3. The molecule has 0 aromatic heterocycles. The summed E-state index contributed by atoms with van der Waals surface area (Å²) in [6, 6.07) is 5.49. The highest BCUT2D eigenvalue weighted by molar-refractivity contribution is 5.95. The number of nitro groups is 1. The minimum atomic E-state index is -1.39. The average Bonchev–Trinajstić information content (AvgIpc) is 2.34. The van der Waals surface area contributed by atoms with Crippen molar-refractivity contribution >= 4 is 23.2 Å². The number of nitro benzene ring substituents is 1. The van der Waals surface area contributed by atoms with Gasteiger partial charge in [0.1, 0.15) is 12.2 Å². The number of benzene rings is 1. The molecule has 0 amide bonds. The number of ketones is 2. The quantitative estimate of drug-likeness (QED) is 0.340. The van der Waals surface area contributed by atoms with E-state index in [9.17, 15) is 24.5 Å². The van der Waals surface area contributed by atoms with E-state index >= 15 is 0 Å². The van der Waals surface area contributed by atoms with E-state index in [2.05, 4.69) is 0 Å². The summed E-state index contributed by atoms with van der Waals surface area (Å²) >= 11 is 0. The predicted octanol–water partition coefficient (Wildman–Crippen LogP) is 1.75. The van der Waals surface area contributed by atoms with Crippen LogP contribution in [0.1, 0.15) is 31.9 Å². The molecule has 0 aliphatic rings. The Morgan fingerprint density at radius 3 is 2.35 bits per heavy atom. The average molecular weight is 279 g/mol. The van der Waals surface area contributed by atoms with Gasteiger partial charge in [-0.3, -0.25) is 24.5 Å². The molecule has 0 saturated carbocycles. The monoisotopic (exact) mass is 279 g/mol. The van der Waals surface area contributed by atoms with Crippen molar-refractivity contribution in [2.75, 3.05) is 0 Å². The number of para-hydroxylation sites is 1. The number of rotatable bonds is 6. The molecule has 7 heteroatoms. The van der Waals surface area contributed by atoms with Gasteiger partial charge in [-0.1, -0.05) is 12.1 Å². The fourth-order valence-corrected chi connectivity index (χ4v) is 1.62. The zero-order valence-corrected chi connectivity index (χ0v) is 11.0. The van der Waals surface area contributed by atoms with Gasteiger partial charge in [0.2, 0.25) is 0 Å². The first-order chi connectivity index (χ1) is 9.32. The molecule has 0 aliphatic carbocycles. The smallest absolute Gasteiger partial charge is 0.314 e. The minimum Gasteiger partial charge on any atom is -0.449 e. The van der Waals surface area contributed by atoms with E-state index < -0.39 is 35.0 Å². The molecule has 0 radical (unpaired) electrons. The van der Waals surface area contributed by atoms with Gasteiger partial charge in [-0.2, -0.15) is 0 Å². The van der Waals surface area contributed by atoms with E-state index in [0.29, 0.717) is 0 Å². The van der Waals surface area contributed by atoms with Gasteiger partial charge < -0.3 is 4.74 Å². The molecule has 1 unspecified atom stereocenters. The maximum absolute atomic E-state index is 11.6. The van der Waals surface area contributed by atoms with Crippen molar-refractivity contribution in [3.05, 3.63) is 39.9 Å². The van der Waals surface area contributed by atoms with Gasteiger partial charge in [0.15, 0.2) is 11.9 Å². The van der Waals surface area contributed by atoms with E-state index in [-0.39, 0.29) is 11.3 Å². The lowest BCUT2D eigenvalue weighted by Gasteiger charge is -2.15. The van der Waals surface area contributed by atoms with Gasteiger partial charge in [0, 0.05) is 6.07 Å². The molecule has 1 aromatic rings. The van der Waals surface area contributed by atoms with Crippen molar-refractivity contribution < 1.29 is 24.0 Å². The molecule has 0 heterocycles. The van der Waals surface area contributed by atoms with E-state index in [1.165, 1.54) is 31.2 Å². The number of hydrogen-bond acceptors (Lipinski definition) is 6. The van der Waals surface area contributed by atoms with Crippen LogP contribution in [0.15, 0.2) is 24.3 Å². The lowest BCUT2D eigenvalue weighted by molar-refractivity contribution is -0.386. The zero-order valence-electron chi connectivity index (χ0n) is 11.0. The SMILES string of the molecule is CC(=O)CC(=O)OC(C(C)=O)c1ccccc1[N+](=O)[O-]. The lowest BCUT2D eigenvalue weighted by Crippen LogP contribution is -2.20. The van der Waals surface area contributed by atoms with Crippen LogP contribution in [-0.4, -0.2) is 22.5 Å². The molecule has 1 rings (SSSR count). The number of nitrogens with zero attached hydrogens (tertiary/aromatic N) is 1. The molecule has 20 heavy (non-hydrogen) atoms. The number of Topliss-reactive ketones (excluding diaryl/α,β-unsaturated/α-hetero) is 2. The Bertz CT molecular complexity index is 566. The largest absolute Gasteiger partial charge is 0.449 e. The Hall–Kier alpha value is -2.57. The van der Waals surface area contributed by atoms with Crippen LogP contribution in [0, 0.1) is 10.1 Å². The van der Waals surface area contributed by atoms with Gasteiger partial charge in [-0.15, -0.1) is 0 Å². The molecule has 0 bridgehead atoms. The summed E-state index contributed by atoms with van der Waals surface area (Å²) in [4.78, 5) is 44.1. The summed E-state index contributed by atoms with van der Waals surface area (Å²) in [5.74, 6) is -1.87. The normalized spacial score (nSPS) is 11.5. The zero-order chi connectivity index (χ0) is 15.3. The molecule has 1 aromatic carbocycles. The van der Waals surface area contributed by atoms with Crippen LogP contribution >= 0.6 is 0 Å². The standard InChI is InChI=1S/C13H13NO6/c1-8(15)7-12(17)20-13(9(2)16)10-5-3-4-6-11(10)14(18)19/h3-6,13H,7H2,1-2H3. The van der Waals surface area contributed by atoms with Crippen molar-refractivity contribution in [1.82, 2.24) is 0 Å². The molecule has 0 saturated heterocycles.